The average Bonchev–Trinajstić information content (AvgIpc) is 3.38. The number of nitrogens with one attached hydrogen (secondary N) is 2. The number of carbonyl (C=O) groups excluding carboxylic acids is 2. The first-order valence-electron chi connectivity index (χ1n) is 8.25. The highest BCUT2D eigenvalue weighted by Crippen LogP contribution is 2.21. The second-order valence-electron chi connectivity index (χ2n) is 6.13. The minimum atomic E-state index is -0.452. The molecule has 0 radical (unpaired) electrons. The van der Waals surface area contributed by atoms with Gasteiger partial charge in [0.15, 0.2) is 5.69 Å². The van der Waals surface area contributed by atoms with Crippen LogP contribution in [-0.4, -0.2) is 27.2 Å². The fourth-order valence-electron chi connectivity index (χ4n) is 2.70. The normalized spacial score (nSPS) is 13.2. The smallest absolute Gasteiger partial charge is 0.292 e. The fraction of sp³-hybridized carbons (Fsp3) is 0.158. The summed E-state index contributed by atoms with van der Waals surface area (Å²) in [4.78, 5) is 29.4. The minimum absolute atomic E-state index is 0.115. The van der Waals surface area contributed by atoms with Crippen molar-refractivity contribution >= 4 is 23.0 Å². The van der Waals surface area contributed by atoms with Crippen molar-refractivity contribution in [2.45, 2.75) is 18.9 Å². The predicted molar refractivity (Wildman–Crippen MR) is 94.8 cm³/mol. The molecule has 0 unspecified atom stereocenters. The van der Waals surface area contributed by atoms with Crippen molar-refractivity contribution in [2.24, 2.45) is 0 Å². The van der Waals surface area contributed by atoms with Gasteiger partial charge in [0, 0.05) is 17.9 Å². The molecule has 1 fully saturated rings. The summed E-state index contributed by atoms with van der Waals surface area (Å²) in [5.74, 6) is -0.614. The second-order valence-corrected chi connectivity index (χ2v) is 6.13. The van der Waals surface area contributed by atoms with Gasteiger partial charge < -0.3 is 10.6 Å². The van der Waals surface area contributed by atoms with Crippen LogP contribution in [0, 0.1) is 11.3 Å². The number of carbonyl (C=O) groups is 2. The second kappa shape index (κ2) is 6.33. The molecule has 0 spiro atoms. The Labute approximate surface area is 149 Å². The number of hydrogen-bond donors (Lipinski definition) is 2. The lowest BCUT2D eigenvalue weighted by Crippen LogP contribution is -2.26. The third-order valence-electron chi connectivity index (χ3n) is 4.13. The Balaban J connectivity index is 1.68. The van der Waals surface area contributed by atoms with E-state index in [9.17, 15) is 9.59 Å². The predicted octanol–water partition coefficient (Wildman–Crippen LogP) is 2.35. The van der Waals surface area contributed by atoms with E-state index in [1.807, 2.05) is 6.07 Å². The summed E-state index contributed by atoms with van der Waals surface area (Å²) in [6, 6.07) is 14.2. The van der Waals surface area contributed by atoms with Crippen molar-refractivity contribution in [2.75, 3.05) is 5.32 Å². The quantitative estimate of drug-likeness (QED) is 0.758. The lowest BCUT2D eigenvalue weighted by molar-refractivity contribution is 0.0948. The van der Waals surface area contributed by atoms with Gasteiger partial charge in [0.2, 0.25) is 5.82 Å². The first-order valence-corrected chi connectivity index (χ1v) is 8.25. The number of rotatable bonds is 4. The summed E-state index contributed by atoms with van der Waals surface area (Å²) in [6.07, 6.45) is 3.64. The number of imidazole rings is 1. The van der Waals surface area contributed by atoms with E-state index in [0.29, 0.717) is 16.8 Å². The number of fused-ring (bicyclic) bond motifs is 1. The maximum Gasteiger partial charge on any atom is 0.292 e. The van der Waals surface area contributed by atoms with Gasteiger partial charge in [-0.05, 0) is 43.2 Å². The maximum absolute atomic E-state index is 12.7. The van der Waals surface area contributed by atoms with Crippen LogP contribution in [0.5, 0.6) is 0 Å². The largest absolute Gasteiger partial charge is 0.348 e. The van der Waals surface area contributed by atoms with Crippen molar-refractivity contribution in [1.82, 2.24) is 14.7 Å². The summed E-state index contributed by atoms with van der Waals surface area (Å²) in [7, 11) is 0. The van der Waals surface area contributed by atoms with Crippen LogP contribution < -0.4 is 10.6 Å². The Morgan fingerprint density at radius 1 is 1.15 bits per heavy atom. The summed E-state index contributed by atoms with van der Waals surface area (Å²) < 4.78 is 1.59. The molecule has 2 aromatic heterocycles. The molecule has 0 bridgehead atoms. The Morgan fingerprint density at radius 3 is 2.77 bits per heavy atom. The van der Waals surface area contributed by atoms with Crippen molar-refractivity contribution in [3.8, 4) is 6.07 Å². The van der Waals surface area contributed by atoms with E-state index in [-0.39, 0.29) is 23.5 Å². The van der Waals surface area contributed by atoms with Gasteiger partial charge in [-0.1, -0.05) is 12.1 Å². The van der Waals surface area contributed by atoms with E-state index in [1.54, 1.807) is 53.1 Å². The molecule has 1 aliphatic carbocycles. The van der Waals surface area contributed by atoms with E-state index >= 15 is 0 Å². The Hall–Kier alpha value is -3.66. The van der Waals surface area contributed by atoms with E-state index < -0.39 is 5.91 Å². The van der Waals surface area contributed by atoms with Gasteiger partial charge in [0.1, 0.15) is 0 Å². The molecule has 1 saturated carbocycles. The zero-order valence-corrected chi connectivity index (χ0v) is 13.8. The van der Waals surface area contributed by atoms with Crippen LogP contribution in [0.2, 0.25) is 0 Å². The number of anilines is 1. The molecule has 0 atom stereocenters. The molecule has 3 aromatic rings. The summed E-state index contributed by atoms with van der Waals surface area (Å²) in [5, 5.41) is 14.6. The molecule has 2 heterocycles. The van der Waals surface area contributed by atoms with Crippen LogP contribution in [0.25, 0.3) is 5.52 Å². The molecule has 2 N–H and O–H groups in total. The monoisotopic (exact) mass is 345 g/mol. The van der Waals surface area contributed by atoms with Gasteiger partial charge in [0.25, 0.3) is 11.8 Å². The molecular weight excluding hydrogens is 330 g/mol. The van der Waals surface area contributed by atoms with Crippen LogP contribution >= 0.6 is 0 Å². The lowest BCUT2D eigenvalue weighted by atomic mass is 10.2. The van der Waals surface area contributed by atoms with Crippen LogP contribution in [0.15, 0.2) is 48.7 Å². The number of pyridine rings is 1. The average molecular weight is 345 g/mol. The molecule has 128 valence electrons. The van der Waals surface area contributed by atoms with Crippen LogP contribution in [-0.2, 0) is 0 Å². The molecular formula is C19H15N5O2. The molecule has 7 heteroatoms. The molecule has 2 amide bonds. The van der Waals surface area contributed by atoms with Crippen LogP contribution in [0.3, 0.4) is 0 Å². The lowest BCUT2D eigenvalue weighted by Gasteiger charge is -2.04. The van der Waals surface area contributed by atoms with Crippen LogP contribution in [0.1, 0.15) is 39.5 Å². The molecule has 7 nitrogen and oxygen atoms in total. The van der Waals surface area contributed by atoms with Crippen molar-refractivity contribution in [3.05, 3.63) is 65.7 Å². The number of nitrogens with zero attached hydrogens (tertiary/aromatic N) is 3. The fourth-order valence-corrected chi connectivity index (χ4v) is 2.70. The molecule has 0 aliphatic heterocycles. The first kappa shape index (κ1) is 15.8. The topological polar surface area (TPSA) is 99.3 Å². The van der Waals surface area contributed by atoms with E-state index in [1.165, 1.54) is 0 Å². The van der Waals surface area contributed by atoms with Gasteiger partial charge >= 0.3 is 0 Å². The third kappa shape index (κ3) is 3.00. The van der Waals surface area contributed by atoms with E-state index in [0.717, 1.165) is 12.8 Å². The molecule has 1 aliphatic rings. The number of aromatic nitrogens is 2. The molecule has 0 saturated heterocycles. The summed E-state index contributed by atoms with van der Waals surface area (Å²) >= 11 is 0. The Morgan fingerprint density at radius 2 is 2.00 bits per heavy atom. The van der Waals surface area contributed by atoms with Crippen LogP contribution in [0.4, 0.5) is 5.69 Å². The number of amides is 2. The van der Waals surface area contributed by atoms with Crippen molar-refractivity contribution in [1.29, 1.82) is 5.26 Å². The zero-order valence-electron chi connectivity index (χ0n) is 13.8. The van der Waals surface area contributed by atoms with E-state index in [4.69, 9.17) is 5.26 Å². The molecule has 1 aromatic carbocycles. The molecule has 26 heavy (non-hydrogen) atoms. The standard InChI is InChI=1S/C19H15N5O2/c20-11-12-4-3-5-14(10-12)22-19(26)17-23-16(18(25)21-13-7-8-13)15-6-1-2-9-24(15)17/h1-6,9-10,13H,7-8H2,(H,21,25)(H,22,26). The molecule has 4 rings (SSSR count). The van der Waals surface area contributed by atoms with Gasteiger partial charge in [0.05, 0.1) is 17.1 Å². The summed E-state index contributed by atoms with van der Waals surface area (Å²) in [5.41, 5.74) is 1.74. The first-order chi connectivity index (χ1) is 12.7. The Kier molecular flexibility index (Phi) is 3.86. The highest BCUT2D eigenvalue weighted by atomic mass is 16.2. The zero-order chi connectivity index (χ0) is 18.1. The SMILES string of the molecule is N#Cc1cccc(NC(=O)c2nc(C(=O)NC3CC3)c3ccccn23)c1. The maximum atomic E-state index is 12.7. The van der Waals surface area contributed by atoms with Gasteiger partial charge in [-0.3, -0.25) is 14.0 Å². The van der Waals surface area contributed by atoms with Crippen molar-refractivity contribution in [3.63, 3.8) is 0 Å². The van der Waals surface area contributed by atoms with Gasteiger partial charge in [-0.2, -0.15) is 5.26 Å². The minimum Gasteiger partial charge on any atom is -0.348 e. The van der Waals surface area contributed by atoms with Gasteiger partial charge in [-0.15, -0.1) is 0 Å². The number of hydrogen-bond acceptors (Lipinski definition) is 4. The Bertz CT molecular complexity index is 1060. The highest BCUT2D eigenvalue weighted by molar-refractivity contribution is 6.06. The number of nitriles is 1. The van der Waals surface area contributed by atoms with Gasteiger partial charge in [-0.25, -0.2) is 4.98 Å². The highest BCUT2D eigenvalue weighted by Gasteiger charge is 2.27. The number of benzene rings is 1. The third-order valence-corrected chi connectivity index (χ3v) is 4.13. The van der Waals surface area contributed by atoms with Crippen molar-refractivity contribution < 1.29 is 9.59 Å². The van der Waals surface area contributed by atoms with E-state index in [2.05, 4.69) is 15.6 Å². The summed E-state index contributed by atoms with van der Waals surface area (Å²) in [6.45, 7) is 0.